The number of benzene rings is 2. The second-order valence-corrected chi connectivity index (χ2v) is 8.94. The van der Waals surface area contributed by atoms with Gasteiger partial charge in [-0.2, -0.15) is 0 Å². The van der Waals surface area contributed by atoms with Crippen molar-refractivity contribution in [3.05, 3.63) is 59.7 Å². The van der Waals surface area contributed by atoms with E-state index in [4.69, 9.17) is 4.74 Å². The van der Waals surface area contributed by atoms with E-state index in [9.17, 15) is 19.5 Å². The van der Waals surface area contributed by atoms with Crippen LogP contribution in [0.1, 0.15) is 49.1 Å². The number of ether oxygens (including phenoxy) is 1. The number of hydrogen-bond donors (Lipinski definition) is 2. The third kappa shape index (κ3) is 3.42. The predicted octanol–water partition coefficient (Wildman–Crippen LogP) is 3.52. The second kappa shape index (κ2) is 7.97. The average molecular weight is 434 g/mol. The Morgan fingerprint density at radius 2 is 1.66 bits per heavy atom. The lowest BCUT2D eigenvalue weighted by Gasteiger charge is -2.59. The third-order valence-electron chi connectivity index (χ3n) is 7.24. The molecule has 0 aromatic heterocycles. The maximum Gasteiger partial charge on any atom is 0.407 e. The summed E-state index contributed by atoms with van der Waals surface area (Å²) in [6.45, 7) is 0.725. The molecule has 7 nitrogen and oxygen atoms in total. The number of fused-ring (bicyclic) bond motifs is 3. The van der Waals surface area contributed by atoms with Gasteiger partial charge >= 0.3 is 12.1 Å². The van der Waals surface area contributed by atoms with Crippen molar-refractivity contribution < 1.29 is 24.2 Å². The van der Waals surface area contributed by atoms with Crippen molar-refractivity contribution in [1.29, 1.82) is 0 Å². The molecule has 2 aromatic carbocycles. The van der Waals surface area contributed by atoms with Crippen molar-refractivity contribution in [2.45, 2.75) is 49.6 Å². The fraction of sp³-hybridized carbons (Fsp3) is 0.400. The Kier molecular flexibility index (Phi) is 5.12. The highest BCUT2D eigenvalue weighted by Gasteiger charge is 2.52. The van der Waals surface area contributed by atoms with Gasteiger partial charge in [-0.05, 0) is 47.9 Å². The SMILES string of the molecule is O=C(O)CC(NC(=O)OCC1c2ccccc2-c2ccccc21)C(=O)N1CCC12CCC2. The number of alkyl carbamates (subject to hydrolysis) is 1. The van der Waals surface area contributed by atoms with Crippen LogP contribution in [0.2, 0.25) is 0 Å². The summed E-state index contributed by atoms with van der Waals surface area (Å²) in [5.74, 6) is -1.56. The van der Waals surface area contributed by atoms with Crippen LogP contribution < -0.4 is 5.32 Å². The largest absolute Gasteiger partial charge is 0.481 e. The highest BCUT2D eigenvalue weighted by Crippen LogP contribution is 2.47. The highest BCUT2D eigenvalue weighted by molar-refractivity contribution is 5.90. The van der Waals surface area contributed by atoms with Crippen LogP contribution in [0.3, 0.4) is 0 Å². The maximum atomic E-state index is 13.0. The summed E-state index contributed by atoms with van der Waals surface area (Å²) in [5.41, 5.74) is 4.31. The number of amides is 2. The molecule has 1 unspecified atom stereocenters. The van der Waals surface area contributed by atoms with Gasteiger partial charge in [-0.3, -0.25) is 9.59 Å². The molecule has 5 rings (SSSR count). The van der Waals surface area contributed by atoms with E-state index in [1.807, 2.05) is 36.4 Å². The first kappa shape index (κ1) is 20.5. The summed E-state index contributed by atoms with van der Waals surface area (Å²) in [4.78, 5) is 38.7. The Bertz CT molecular complexity index is 1030. The van der Waals surface area contributed by atoms with Gasteiger partial charge in [-0.25, -0.2) is 4.79 Å². The summed E-state index contributed by atoms with van der Waals surface area (Å²) < 4.78 is 5.51. The molecule has 2 fully saturated rings. The first-order valence-electron chi connectivity index (χ1n) is 11.1. The van der Waals surface area contributed by atoms with Gasteiger partial charge in [-0.1, -0.05) is 48.5 Å². The third-order valence-corrected chi connectivity index (χ3v) is 7.24. The van der Waals surface area contributed by atoms with E-state index in [2.05, 4.69) is 17.4 Å². The van der Waals surface area contributed by atoms with Crippen LogP contribution in [-0.4, -0.2) is 52.7 Å². The Balaban J connectivity index is 1.26. The molecule has 32 heavy (non-hydrogen) atoms. The molecule has 7 heteroatoms. The fourth-order valence-corrected chi connectivity index (χ4v) is 5.33. The fourth-order valence-electron chi connectivity index (χ4n) is 5.33. The summed E-state index contributed by atoms with van der Waals surface area (Å²) >= 11 is 0. The van der Waals surface area contributed by atoms with Crippen molar-refractivity contribution in [2.24, 2.45) is 0 Å². The summed E-state index contributed by atoms with van der Waals surface area (Å²) in [5, 5.41) is 11.8. The lowest BCUT2D eigenvalue weighted by Crippen LogP contribution is -2.68. The maximum absolute atomic E-state index is 13.0. The van der Waals surface area contributed by atoms with Crippen LogP contribution in [0.25, 0.3) is 11.1 Å². The second-order valence-electron chi connectivity index (χ2n) is 8.94. The normalized spacial score (nSPS) is 18.7. The first-order chi connectivity index (χ1) is 15.5. The topological polar surface area (TPSA) is 95.9 Å². The molecule has 0 bridgehead atoms. The number of hydrogen-bond acceptors (Lipinski definition) is 4. The molecule has 1 aliphatic heterocycles. The zero-order valence-electron chi connectivity index (χ0n) is 17.8. The van der Waals surface area contributed by atoms with Crippen LogP contribution in [0, 0.1) is 0 Å². The summed E-state index contributed by atoms with van der Waals surface area (Å²) in [6, 6.07) is 14.9. The zero-order chi connectivity index (χ0) is 22.3. The minimum absolute atomic E-state index is 0.101. The molecule has 1 heterocycles. The van der Waals surface area contributed by atoms with Gasteiger partial charge in [0.15, 0.2) is 0 Å². The lowest BCUT2D eigenvalue weighted by molar-refractivity contribution is -0.160. The van der Waals surface area contributed by atoms with Gasteiger partial charge in [0.2, 0.25) is 5.91 Å². The van der Waals surface area contributed by atoms with Crippen molar-refractivity contribution in [3.63, 3.8) is 0 Å². The molecule has 1 atom stereocenters. The molecule has 166 valence electrons. The van der Waals surface area contributed by atoms with E-state index in [-0.39, 0.29) is 24.0 Å². The molecule has 1 spiro atoms. The molecular formula is C25H26N2O5. The van der Waals surface area contributed by atoms with Crippen LogP contribution in [0.5, 0.6) is 0 Å². The van der Waals surface area contributed by atoms with Crippen molar-refractivity contribution in [3.8, 4) is 11.1 Å². The predicted molar refractivity (Wildman–Crippen MR) is 117 cm³/mol. The molecule has 1 saturated carbocycles. The molecule has 3 aliphatic rings. The Hall–Kier alpha value is -3.35. The van der Waals surface area contributed by atoms with Crippen LogP contribution in [0.15, 0.2) is 48.5 Å². The van der Waals surface area contributed by atoms with Gasteiger partial charge in [0.05, 0.1) is 6.42 Å². The van der Waals surface area contributed by atoms with E-state index in [1.165, 1.54) is 0 Å². The van der Waals surface area contributed by atoms with Crippen molar-refractivity contribution in [1.82, 2.24) is 10.2 Å². The number of aliphatic carboxylic acids is 1. The molecule has 2 aromatic rings. The van der Waals surface area contributed by atoms with Crippen LogP contribution in [0.4, 0.5) is 4.79 Å². The highest BCUT2D eigenvalue weighted by atomic mass is 16.5. The lowest BCUT2D eigenvalue weighted by atomic mass is 9.67. The molecule has 2 N–H and O–H groups in total. The molecular weight excluding hydrogens is 408 g/mol. The molecule has 0 radical (unpaired) electrons. The summed E-state index contributed by atoms with van der Waals surface area (Å²) in [6.07, 6.45) is 2.69. The minimum atomic E-state index is -1.13. The number of nitrogens with zero attached hydrogens (tertiary/aromatic N) is 1. The van der Waals surface area contributed by atoms with E-state index >= 15 is 0 Å². The van der Waals surface area contributed by atoms with Gasteiger partial charge in [-0.15, -0.1) is 0 Å². The van der Waals surface area contributed by atoms with E-state index in [1.54, 1.807) is 4.90 Å². The van der Waals surface area contributed by atoms with Gasteiger partial charge in [0.1, 0.15) is 12.6 Å². The number of likely N-dealkylation sites (tertiary alicyclic amines) is 1. The number of nitrogens with one attached hydrogen (secondary N) is 1. The van der Waals surface area contributed by atoms with Crippen molar-refractivity contribution in [2.75, 3.05) is 13.2 Å². The van der Waals surface area contributed by atoms with Crippen LogP contribution in [-0.2, 0) is 14.3 Å². The number of carbonyl (C=O) groups excluding carboxylic acids is 2. The first-order valence-corrected chi connectivity index (χ1v) is 11.1. The van der Waals surface area contributed by atoms with E-state index in [0.29, 0.717) is 6.54 Å². The van der Waals surface area contributed by atoms with Gasteiger partial charge in [0, 0.05) is 18.0 Å². The van der Waals surface area contributed by atoms with Crippen molar-refractivity contribution >= 4 is 18.0 Å². The summed E-state index contributed by atoms with van der Waals surface area (Å²) in [7, 11) is 0. The van der Waals surface area contributed by atoms with Gasteiger partial charge in [0.25, 0.3) is 0 Å². The van der Waals surface area contributed by atoms with Crippen LogP contribution >= 0.6 is 0 Å². The van der Waals surface area contributed by atoms with E-state index in [0.717, 1.165) is 47.9 Å². The standard InChI is InChI=1S/C25H26N2O5/c28-22(29)14-21(23(30)27-13-12-25(27)10-5-11-25)26-24(31)32-15-20-18-8-3-1-6-16(18)17-7-2-4-9-19(17)20/h1-4,6-9,20-21H,5,10-15H2,(H,26,31)(H,28,29). The Labute approximate surface area is 186 Å². The Morgan fingerprint density at radius 1 is 1.03 bits per heavy atom. The number of rotatable bonds is 6. The number of carboxylic acid groups (broad SMARTS) is 1. The molecule has 2 aliphatic carbocycles. The molecule has 2 amide bonds. The quantitative estimate of drug-likeness (QED) is 0.725. The minimum Gasteiger partial charge on any atom is -0.481 e. The monoisotopic (exact) mass is 434 g/mol. The Morgan fingerprint density at radius 3 is 2.16 bits per heavy atom. The number of carboxylic acids is 1. The average Bonchev–Trinajstić information content (AvgIpc) is 3.03. The smallest absolute Gasteiger partial charge is 0.407 e. The van der Waals surface area contributed by atoms with Gasteiger partial charge < -0.3 is 20.1 Å². The molecule has 1 saturated heterocycles. The number of carbonyl (C=O) groups is 3. The zero-order valence-corrected chi connectivity index (χ0v) is 17.8. The van der Waals surface area contributed by atoms with E-state index < -0.39 is 24.5 Å².